The molecule has 2 rings (SSSR count). The van der Waals surface area contributed by atoms with Gasteiger partial charge in [0.1, 0.15) is 11.3 Å². The van der Waals surface area contributed by atoms with Crippen LogP contribution in [0, 0.1) is 0 Å². The van der Waals surface area contributed by atoms with Crippen LogP contribution in [0.5, 0.6) is 17.2 Å². The predicted octanol–water partition coefficient (Wildman–Crippen LogP) is 2.88. The number of esters is 1. The SMILES string of the molecule is CCc1ccc(OC(=O)c2cccc(O)c2O)cc1. The highest BCUT2D eigenvalue weighted by Crippen LogP contribution is 2.29. The Morgan fingerprint density at radius 3 is 2.42 bits per heavy atom. The Labute approximate surface area is 110 Å². The second-order valence-electron chi connectivity index (χ2n) is 4.06. The predicted molar refractivity (Wildman–Crippen MR) is 70.6 cm³/mol. The van der Waals surface area contributed by atoms with Crippen molar-refractivity contribution < 1.29 is 19.7 Å². The maximum atomic E-state index is 11.8. The number of phenolic OH excluding ortho intramolecular Hbond substituents is 2. The van der Waals surface area contributed by atoms with E-state index in [1.165, 1.54) is 18.2 Å². The van der Waals surface area contributed by atoms with Crippen molar-refractivity contribution in [1.82, 2.24) is 0 Å². The minimum absolute atomic E-state index is 0.0698. The van der Waals surface area contributed by atoms with E-state index in [1.54, 1.807) is 12.1 Å². The summed E-state index contributed by atoms with van der Waals surface area (Å²) in [4.78, 5) is 11.8. The van der Waals surface area contributed by atoms with Crippen molar-refractivity contribution in [2.45, 2.75) is 13.3 Å². The smallest absolute Gasteiger partial charge is 0.347 e. The molecule has 4 heteroatoms. The zero-order valence-electron chi connectivity index (χ0n) is 10.5. The van der Waals surface area contributed by atoms with Crippen LogP contribution in [0.4, 0.5) is 0 Å². The fraction of sp³-hybridized carbons (Fsp3) is 0.133. The average molecular weight is 258 g/mol. The molecular formula is C15H14O4. The largest absolute Gasteiger partial charge is 0.504 e. The van der Waals surface area contributed by atoms with E-state index in [0.717, 1.165) is 12.0 Å². The van der Waals surface area contributed by atoms with Gasteiger partial charge in [0, 0.05) is 0 Å². The quantitative estimate of drug-likeness (QED) is 0.504. The van der Waals surface area contributed by atoms with Gasteiger partial charge in [-0.3, -0.25) is 0 Å². The highest BCUT2D eigenvalue weighted by atomic mass is 16.5. The first kappa shape index (κ1) is 13.0. The third-order valence-electron chi connectivity index (χ3n) is 2.78. The summed E-state index contributed by atoms with van der Waals surface area (Å²) in [6.45, 7) is 2.03. The van der Waals surface area contributed by atoms with Gasteiger partial charge in [0.15, 0.2) is 11.5 Å². The van der Waals surface area contributed by atoms with E-state index in [9.17, 15) is 15.0 Å². The van der Waals surface area contributed by atoms with Crippen molar-refractivity contribution >= 4 is 5.97 Å². The number of hydrogen-bond acceptors (Lipinski definition) is 4. The van der Waals surface area contributed by atoms with Crippen molar-refractivity contribution in [2.75, 3.05) is 0 Å². The molecule has 0 aliphatic carbocycles. The van der Waals surface area contributed by atoms with E-state index in [4.69, 9.17) is 4.74 Å². The Morgan fingerprint density at radius 2 is 1.79 bits per heavy atom. The van der Waals surface area contributed by atoms with Crippen LogP contribution in [0.2, 0.25) is 0 Å². The van der Waals surface area contributed by atoms with E-state index in [1.807, 2.05) is 19.1 Å². The van der Waals surface area contributed by atoms with Crippen LogP contribution < -0.4 is 4.74 Å². The molecule has 0 fully saturated rings. The number of carbonyl (C=O) groups excluding carboxylic acids is 1. The Balaban J connectivity index is 2.18. The van der Waals surface area contributed by atoms with Crippen LogP contribution >= 0.6 is 0 Å². The number of ether oxygens (including phenoxy) is 1. The lowest BCUT2D eigenvalue weighted by molar-refractivity contribution is 0.0731. The number of rotatable bonds is 3. The number of aryl methyl sites for hydroxylation is 1. The molecular weight excluding hydrogens is 244 g/mol. The lowest BCUT2D eigenvalue weighted by Gasteiger charge is -2.07. The van der Waals surface area contributed by atoms with E-state index in [0.29, 0.717) is 5.75 Å². The van der Waals surface area contributed by atoms with Crippen molar-refractivity contribution in [3.63, 3.8) is 0 Å². The second-order valence-corrected chi connectivity index (χ2v) is 4.06. The van der Waals surface area contributed by atoms with Crippen molar-refractivity contribution in [3.05, 3.63) is 53.6 Å². The van der Waals surface area contributed by atoms with Gasteiger partial charge in [-0.1, -0.05) is 25.1 Å². The van der Waals surface area contributed by atoms with Gasteiger partial charge in [-0.05, 0) is 36.2 Å². The summed E-state index contributed by atoms with van der Waals surface area (Å²) in [5, 5.41) is 18.9. The Kier molecular flexibility index (Phi) is 3.71. The number of benzene rings is 2. The third kappa shape index (κ3) is 2.85. The molecule has 0 amide bonds. The number of phenols is 2. The molecule has 0 unspecified atom stereocenters. The molecule has 0 heterocycles. The summed E-state index contributed by atoms with van der Waals surface area (Å²) < 4.78 is 5.13. The number of carbonyl (C=O) groups is 1. The zero-order chi connectivity index (χ0) is 13.8. The van der Waals surface area contributed by atoms with Gasteiger partial charge in [0.2, 0.25) is 0 Å². The molecule has 0 aliphatic rings. The standard InChI is InChI=1S/C15H14O4/c1-2-10-6-8-11(9-7-10)19-15(18)12-4-3-5-13(16)14(12)17/h3-9,16-17H,2H2,1H3. The molecule has 0 bridgehead atoms. The van der Waals surface area contributed by atoms with Gasteiger partial charge in [-0.2, -0.15) is 0 Å². The highest BCUT2D eigenvalue weighted by molar-refractivity contribution is 5.94. The van der Waals surface area contributed by atoms with Crippen LogP contribution in [-0.4, -0.2) is 16.2 Å². The van der Waals surface area contributed by atoms with Crippen LogP contribution in [0.25, 0.3) is 0 Å². The summed E-state index contributed by atoms with van der Waals surface area (Å²) in [5.41, 5.74) is 1.07. The molecule has 0 saturated carbocycles. The topological polar surface area (TPSA) is 66.8 Å². The number of para-hydroxylation sites is 1. The minimum atomic E-state index is -0.711. The van der Waals surface area contributed by atoms with Crippen molar-refractivity contribution in [1.29, 1.82) is 0 Å². The molecule has 0 spiro atoms. The minimum Gasteiger partial charge on any atom is -0.504 e. The lowest BCUT2D eigenvalue weighted by atomic mass is 10.1. The monoisotopic (exact) mass is 258 g/mol. The van der Waals surface area contributed by atoms with Crippen molar-refractivity contribution in [3.8, 4) is 17.2 Å². The van der Waals surface area contributed by atoms with Crippen LogP contribution in [0.3, 0.4) is 0 Å². The molecule has 0 saturated heterocycles. The van der Waals surface area contributed by atoms with Gasteiger partial charge >= 0.3 is 5.97 Å². The fourth-order valence-corrected chi connectivity index (χ4v) is 1.65. The van der Waals surface area contributed by atoms with Crippen LogP contribution in [-0.2, 0) is 6.42 Å². The summed E-state index contributed by atoms with van der Waals surface area (Å²) in [6, 6.07) is 11.3. The molecule has 19 heavy (non-hydrogen) atoms. The first-order valence-electron chi connectivity index (χ1n) is 5.94. The normalized spacial score (nSPS) is 10.2. The first-order valence-corrected chi connectivity index (χ1v) is 5.94. The summed E-state index contributed by atoms with van der Waals surface area (Å²) in [6.07, 6.45) is 0.904. The lowest BCUT2D eigenvalue weighted by Crippen LogP contribution is -2.08. The van der Waals surface area contributed by atoms with Gasteiger partial charge in [0.05, 0.1) is 0 Å². The van der Waals surface area contributed by atoms with Gasteiger partial charge in [0.25, 0.3) is 0 Å². The molecule has 0 aromatic heterocycles. The first-order chi connectivity index (χ1) is 9.11. The van der Waals surface area contributed by atoms with Gasteiger partial charge in [-0.25, -0.2) is 4.79 Å². The summed E-state index contributed by atoms with van der Waals surface area (Å²) in [5.74, 6) is -1.14. The van der Waals surface area contributed by atoms with Crippen LogP contribution in [0.1, 0.15) is 22.8 Å². The fourth-order valence-electron chi connectivity index (χ4n) is 1.65. The molecule has 0 aliphatic heterocycles. The van der Waals surface area contributed by atoms with Crippen LogP contribution in [0.15, 0.2) is 42.5 Å². The highest BCUT2D eigenvalue weighted by Gasteiger charge is 2.15. The molecule has 0 radical (unpaired) electrons. The molecule has 4 nitrogen and oxygen atoms in total. The van der Waals surface area contributed by atoms with Crippen molar-refractivity contribution in [2.24, 2.45) is 0 Å². The van der Waals surface area contributed by atoms with E-state index < -0.39 is 11.7 Å². The summed E-state index contributed by atoms with van der Waals surface area (Å²) in [7, 11) is 0. The molecule has 2 aromatic rings. The Bertz CT molecular complexity index is 588. The number of hydrogen-bond donors (Lipinski definition) is 2. The summed E-state index contributed by atoms with van der Waals surface area (Å²) >= 11 is 0. The average Bonchev–Trinajstić information content (AvgIpc) is 2.42. The molecule has 2 N–H and O–H groups in total. The Hall–Kier alpha value is -2.49. The zero-order valence-corrected chi connectivity index (χ0v) is 10.5. The van der Waals surface area contributed by atoms with E-state index >= 15 is 0 Å². The number of aromatic hydroxyl groups is 2. The third-order valence-corrected chi connectivity index (χ3v) is 2.78. The molecule has 98 valence electrons. The second kappa shape index (κ2) is 5.44. The van der Waals surface area contributed by atoms with E-state index in [2.05, 4.69) is 0 Å². The maximum Gasteiger partial charge on any atom is 0.347 e. The van der Waals surface area contributed by atoms with Gasteiger partial charge in [-0.15, -0.1) is 0 Å². The Morgan fingerprint density at radius 1 is 1.11 bits per heavy atom. The molecule has 0 atom stereocenters. The molecule has 2 aromatic carbocycles. The van der Waals surface area contributed by atoms with Gasteiger partial charge < -0.3 is 14.9 Å². The maximum absolute atomic E-state index is 11.8. The van der Waals surface area contributed by atoms with E-state index in [-0.39, 0.29) is 11.3 Å².